The van der Waals surface area contributed by atoms with Crippen molar-refractivity contribution >= 4 is 62.1 Å². The number of methoxy groups -OCH3 is 1. The van der Waals surface area contributed by atoms with Gasteiger partial charge in [-0.05, 0) is 38.4 Å². The lowest BCUT2D eigenvalue weighted by molar-refractivity contribution is -0.111. The fraction of sp³-hybridized carbons (Fsp3) is 0.286. The van der Waals surface area contributed by atoms with Crippen molar-refractivity contribution in [2.45, 2.75) is 0 Å². The van der Waals surface area contributed by atoms with E-state index < -0.39 is 21.9 Å². The highest BCUT2D eigenvalue weighted by molar-refractivity contribution is 7.92. The largest absolute Gasteiger partial charge is 0.494 e. The highest BCUT2D eigenvalue weighted by Gasteiger charge is 2.21. The van der Waals surface area contributed by atoms with Crippen LogP contribution in [0.3, 0.4) is 0 Å². The molecule has 0 fully saturated rings. The van der Waals surface area contributed by atoms with E-state index in [1.54, 1.807) is 36.4 Å². The topological polar surface area (TPSA) is 169 Å². The number of rotatable bonds is 14. The molecule has 1 aromatic heterocycles. The molecular formula is C28H36N8O6S. The number of nitrogens with one attached hydrogen (secondary N) is 3. The number of carbonyl (C=O) groups excluding carboxylic acids is 1. The zero-order valence-corrected chi connectivity index (χ0v) is 25.7. The van der Waals surface area contributed by atoms with E-state index in [4.69, 9.17) is 4.74 Å². The Labute approximate surface area is 251 Å². The highest BCUT2D eigenvalue weighted by atomic mass is 32.2. The maximum absolute atomic E-state index is 12.3. The molecule has 0 bridgehead atoms. The second-order valence-electron chi connectivity index (χ2n) is 9.75. The summed E-state index contributed by atoms with van der Waals surface area (Å²) in [7, 11) is 5.08. The molecule has 0 aliphatic carbocycles. The summed E-state index contributed by atoms with van der Waals surface area (Å²) in [6, 6.07) is 9.90. The van der Waals surface area contributed by atoms with Crippen molar-refractivity contribution in [2.75, 3.05) is 79.8 Å². The first kappa shape index (κ1) is 32.6. The molecule has 3 rings (SSSR count). The molecule has 230 valence electrons. The quantitative estimate of drug-likeness (QED) is 0.197. The standard InChI is InChI=1S/C28H36N8O6S/c1-8-25(37)30-20-15-21(24(42-6)16-23(20)35(4)14-13-34(2)3)32-28-29-17-18(27(38)39)26(33-28)31-19-11-9-10-12-22(19)36(5)43(7,40)41/h8-12,15-17H,1,13-14H2,2-7H3,(H,30,37)(H,38,39)(H2,29,31,32,33). The minimum atomic E-state index is -3.61. The SMILES string of the molecule is C=CC(=O)Nc1cc(Nc2ncc(C(=O)O)c(Nc3ccccc3N(C)S(C)(=O)=O)n2)c(OC)cc1N(C)CCN(C)C. The maximum atomic E-state index is 12.3. The molecule has 0 aliphatic rings. The number of sulfonamides is 1. The lowest BCUT2D eigenvalue weighted by Crippen LogP contribution is -2.29. The molecule has 0 aliphatic heterocycles. The minimum Gasteiger partial charge on any atom is -0.494 e. The van der Waals surface area contributed by atoms with Gasteiger partial charge in [0.2, 0.25) is 21.9 Å². The van der Waals surface area contributed by atoms with Crippen molar-refractivity contribution in [3.63, 3.8) is 0 Å². The van der Waals surface area contributed by atoms with E-state index in [0.29, 0.717) is 35.0 Å². The number of carboxylic acids is 1. The number of nitrogens with zero attached hydrogens (tertiary/aromatic N) is 5. The van der Waals surface area contributed by atoms with Crippen molar-refractivity contribution < 1.29 is 27.9 Å². The molecule has 0 atom stereocenters. The van der Waals surface area contributed by atoms with E-state index in [1.807, 2.05) is 30.9 Å². The Morgan fingerprint density at radius 1 is 1.02 bits per heavy atom. The lowest BCUT2D eigenvalue weighted by Gasteiger charge is -2.26. The van der Waals surface area contributed by atoms with Gasteiger partial charge in [-0.1, -0.05) is 18.7 Å². The van der Waals surface area contributed by atoms with Crippen LogP contribution in [0.2, 0.25) is 0 Å². The number of anilines is 7. The van der Waals surface area contributed by atoms with Crippen LogP contribution in [0.1, 0.15) is 10.4 Å². The van der Waals surface area contributed by atoms with Gasteiger partial charge in [0, 0.05) is 39.4 Å². The molecule has 14 nitrogen and oxygen atoms in total. The Morgan fingerprint density at radius 3 is 2.33 bits per heavy atom. The van der Waals surface area contributed by atoms with Crippen LogP contribution in [0.5, 0.6) is 5.75 Å². The van der Waals surface area contributed by atoms with E-state index >= 15 is 0 Å². The number of para-hydroxylation sites is 2. The molecule has 2 aromatic carbocycles. The van der Waals surface area contributed by atoms with E-state index in [0.717, 1.165) is 29.4 Å². The Bertz CT molecular complexity index is 1610. The molecule has 0 saturated carbocycles. The summed E-state index contributed by atoms with van der Waals surface area (Å²) in [5.41, 5.74) is 1.89. The first-order valence-corrected chi connectivity index (χ1v) is 14.8. The Hall–Kier alpha value is -4.89. The van der Waals surface area contributed by atoms with Crippen LogP contribution in [0.15, 0.2) is 55.3 Å². The lowest BCUT2D eigenvalue weighted by atomic mass is 10.2. The first-order chi connectivity index (χ1) is 20.2. The molecule has 0 saturated heterocycles. The second kappa shape index (κ2) is 13.8. The van der Waals surface area contributed by atoms with Crippen molar-refractivity contribution in [2.24, 2.45) is 0 Å². The van der Waals surface area contributed by atoms with Gasteiger partial charge in [-0.15, -0.1) is 0 Å². The summed E-state index contributed by atoms with van der Waals surface area (Å²) in [6.07, 6.45) is 3.34. The molecular weight excluding hydrogens is 576 g/mol. The Morgan fingerprint density at radius 2 is 1.72 bits per heavy atom. The van der Waals surface area contributed by atoms with E-state index in [9.17, 15) is 23.1 Å². The van der Waals surface area contributed by atoms with Crippen LogP contribution in [0, 0.1) is 0 Å². The third kappa shape index (κ3) is 8.33. The number of likely N-dealkylation sites (N-methyl/N-ethyl adjacent to an activating group) is 2. The van der Waals surface area contributed by atoms with Gasteiger partial charge in [0.15, 0.2) is 5.82 Å². The van der Waals surface area contributed by atoms with E-state index in [2.05, 4.69) is 32.5 Å². The number of carboxylic acid groups (broad SMARTS) is 1. The third-order valence-corrected chi connectivity index (χ3v) is 7.51. The van der Waals surface area contributed by atoms with Gasteiger partial charge < -0.3 is 35.6 Å². The maximum Gasteiger partial charge on any atom is 0.341 e. The molecule has 0 radical (unpaired) electrons. The fourth-order valence-electron chi connectivity index (χ4n) is 3.88. The number of aromatic carboxylic acids is 1. The first-order valence-electron chi connectivity index (χ1n) is 12.9. The number of aromatic nitrogens is 2. The summed E-state index contributed by atoms with van der Waals surface area (Å²) in [5.74, 6) is -1.37. The third-order valence-electron chi connectivity index (χ3n) is 6.31. The van der Waals surface area contributed by atoms with Gasteiger partial charge >= 0.3 is 5.97 Å². The second-order valence-corrected chi connectivity index (χ2v) is 11.8. The van der Waals surface area contributed by atoms with Crippen molar-refractivity contribution in [1.29, 1.82) is 0 Å². The van der Waals surface area contributed by atoms with Gasteiger partial charge in [0.05, 0.1) is 41.8 Å². The molecule has 4 N–H and O–H groups in total. The summed E-state index contributed by atoms with van der Waals surface area (Å²) in [6.45, 7) is 4.95. The van der Waals surface area contributed by atoms with Crippen molar-refractivity contribution in [1.82, 2.24) is 14.9 Å². The number of carbonyl (C=O) groups is 2. The van der Waals surface area contributed by atoms with Crippen LogP contribution in [0.25, 0.3) is 0 Å². The van der Waals surface area contributed by atoms with Gasteiger partial charge in [0.25, 0.3) is 0 Å². The fourth-order valence-corrected chi connectivity index (χ4v) is 4.40. The molecule has 15 heteroatoms. The average molecular weight is 613 g/mol. The van der Waals surface area contributed by atoms with E-state index in [1.165, 1.54) is 14.2 Å². The Balaban J connectivity index is 2.06. The van der Waals surface area contributed by atoms with Gasteiger partial charge in [-0.2, -0.15) is 4.98 Å². The summed E-state index contributed by atoms with van der Waals surface area (Å²) in [5, 5.41) is 18.6. The Kier molecular flexibility index (Phi) is 10.5. The van der Waals surface area contributed by atoms with Crippen molar-refractivity contribution in [3.05, 3.63) is 60.8 Å². The summed E-state index contributed by atoms with van der Waals surface area (Å²) < 4.78 is 31.1. The summed E-state index contributed by atoms with van der Waals surface area (Å²) in [4.78, 5) is 36.8. The van der Waals surface area contributed by atoms with Gasteiger partial charge in [-0.25, -0.2) is 18.2 Å². The molecule has 3 aromatic rings. The average Bonchev–Trinajstić information content (AvgIpc) is 2.95. The molecule has 43 heavy (non-hydrogen) atoms. The minimum absolute atomic E-state index is 0.00876. The highest BCUT2D eigenvalue weighted by Crippen LogP contribution is 2.38. The smallest absolute Gasteiger partial charge is 0.341 e. The van der Waals surface area contributed by atoms with Crippen LogP contribution < -0.4 is 29.9 Å². The molecule has 1 heterocycles. The van der Waals surface area contributed by atoms with E-state index in [-0.39, 0.29) is 23.0 Å². The van der Waals surface area contributed by atoms with Gasteiger partial charge in [0.1, 0.15) is 11.3 Å². The zero-order valence-electron chi connectivity index (χ0n) is 24.9. The number of hydrogen-bond acceptors (Lipinski definition) is 11. The number of hydrogen-bond donors (Lipinski definition) is 4. The number of benzene rings is 2. The van der Waals surface area contributed by atoms with Crippen LogP contribution in [-0.2, 0) is 14.8 Å². The number of ether oxygens (including phenoxy) is 1. The van der Waals surface area contributed by atoms with Crippen LogP contribution >= 0.6 is 0 Å². The normalized spacial score (nSPS) is 11.0. The molecule has 1 amide bonds. The number of amides is 1. The predicted molar refractivity (Wildman–Crippen MR) is 169 cm³/mol. The molecule has 0 unspecified atom stereocenters. The van der Waals surface area contributed by atoms with Gasteiger partial charge in [-0.3, -0.25) is 9.10 Å². The molecule has 0 spiro atoms. The summed E-state index contributed by atoms with van der Waals surface area (Å²) >= 11 is 0. The van der Waals surface area contributed by atoms with Crippen LogP contribution in [-0.4, -0.2) is 94.9 Å². The van der Waals surface area contributed by atoms with Crippen LogP contribution in [0.4, 0.5) is 40.2 Å². The van der Waals surface area contributed by atoms with Crippen molar-refractivity contribution in [3.8, 4) is 5.75 Å². The monoisotopic (exact) mass is 612 g/mol. The predicted octanol–water partition coefficient (Wildman–Crippen LogP) is 3.19. The zero-order chi connectivity index (χ0) is 31.9.